The number of carboxylic acid groups (broad SMARTS) is 1. The number of carbonyl (C=O) groups excluding carboxylic acids is 2. The van der Waals surface area contributed by atoms with E-state index in [1.165, 1.54) is 18.7 Å². The van der Waals surface area contributed by atoms with Crippen LogP contribution in [0.3, 0.4) is 0 Å². The standard InChI is InChI=1S/C28H34N2O5/c1-4-30(28(2,3)26(32)33)25(31)19(15-18-13-14-18)16-29-27(34)35-17-24-22-11-7-5-9-20(22)21-10-6-8-12-23(21)24/h5-12,18-19,24H,4,13-17H2,1-3H3,(H,29,34)(H,32,33). The Hall–Kier alpha value is -3.35. The Morgan fingerprint density at radius 1 is 1.06 bits per heavy atom. The van der Waals surface area contributed by atoms with Crippen LogP contribution < -0.4 is 5.32 Å². The molecule has 2 N–H and O–H groups in total. The number of carbonyl (C=O) groups is 3. The largest absolute Gasteiger partial charge is 0.480 e. The minimum absolute atomic E-state index is 0.0380. The van der Waals surface area contributed by atoms with Gasteiger partial charge in [-0.25, -0.2) is 9.59 Å². The molecule has 0 aromatic heterocycles. The smallest absolute Gasteiger partial charge is 0.407 e. The van der Waals surface area contributed by atoms with Gasteiger partial charge in [-0.05, 0) is 55.4 Å². The summed E-state index contributed by atoms with van der Waals surface area (Å²) in [5, 5.41) is 12.4. The summed E-state index contributed by atoms with van der Waals surface area (Å²) in [7, 11) is 0. The van der Waals surface area contributed by atoms with Crippen molar-refractivity contribution in [3.8, 4) is 11.1 Å². The fourth-order valence-corrected chi connectivity index (χ4v) is 5.05. The fourth-order valence-electron chi connectivity index (χ4n) is 5.05. The summed E-state index contributed by atoms with van der Waals surface area (Å²) < 4.78 is 5.61. The van der Waals surface area contributed by atoms with Crippen molar-refractivity contribution >= 4 is 18.0 Å². The number of benzene rings is 2. The molecule has 2 aliphatic carbocycles. The number of hydrogen-bond acceptors (Lipinski definition) is 4. The van der Waals surface area contributed by atoms with Gasteiger partial charge in [-0.2, -0.15) is 0 Å². The number of hydrogen-bond donors (Lipinski definition) is 2. The lowest BCUT2D eigenvalue weighted by atomic mass is 9.95. The maximum absolute atomic E-state index is 13.3. The van der Waals surface area contributed by atoms with Crippen molar-refractivity contribution in [1.29, 1.82) is 0 Å². The van der Waals surface area contributed by atoms with Crippen LogP contribution in [-0.4, -0.2) is 53.2 Å². The minimum atomic E-state index is -1.32. The molecular formula is C28H34N2O5. The molecular weight excluding hydrogens is 444 g/mol. The van der Waals surface area contributed by atoms with E-state index >= 15 is 0 Å². The van der Waals surface area contributed by atoms with E-state index in [-0.39, 0.29) is 31.5 Å². The molecule has 1 fully saturated rings. The molecule has 0 bridgehead atoms. The Morgan fingerprint density at radius 2 is 1.63 bits per heavy atom. The molecule has 1 atom stereocenters. The molecule has 0 spiro atoms. The molecule has 2 aromatic carbocycles. The van der Waals surface area contributed by atoms with Crippen LogP contribution in [0.5, 0.6) is 0 Å². The Balaban J connectivity index is 1.39. The van der Waals surface area contributed by atoms with Crippen molar-refractivity contribution in [2.24, 2.45) is 11.8 Å². The third-order valence-corrected chi connectivity index (χ3v) is 7.28. The molecule has 1 saturated carbocycles. The van der Waals surface area contributed by atoms with Crippen molar-refractivity contribution in [1.82, 2.24) is 10.2 Å². The van der Waals surface area contributed by atoms with E-state index < -0.39 is 23.5 Å². The predicted octanol–water partition coefficient (Wildman–Crippen LogP) is 4.65. The number of fused-ring (bicyclic) bond motifs is 3. The molecule has 7 nitrogen and oxygen atoms in total. The van der Waals surface area contributed by atoms with Crippen molar-refractivity contribution in [2.45, 2.75) is 51.5 Å². The van der Waals surface area contributed by atoms with Crippen LogP contribution >= 0.6 is 0 Å². The third kappa shape index (κ3) is 5.19. The maximum atomic E-state index is 13.3. The zero-order valence-corrected chi connectivity index (χ0v) is 20.6. The van der Waals surface area contributed by atoms with Crippen molar-refractivity contribution in [2.75, 3.05) is 19.7 Å². The zero-order chi connectivity index (χ0) is 25.2. The molecule has 0 radical (unpaired) electrons. The van der Waals surface area contributed by atoms with E-state index in [1.54, 1.807) is 6.92 Å². The van der Waals surface area contributed by atoms with E-state index in [1.807, 2.05) is 24.3 Å². The van der Waals surface area contributed by atoms with Crippen LogP contribution in [0.25, 0.3) is 11.1 Å². The first-order chi connectivity index (χ1) is 16.7. The molecule has 186 valence electrons. The minimum Gasteiger partial charge on any atom is -0.480 e. The Morgan fingerprint density at radius 3 is 2.14 bits per heavy atom. The molecule has 2 aromatic rings. The molecule has 7 heteroatoms. The van der Waals surface area contributed by atoms with Crippen LogP contribution in [0.15, 0.2) is 48.5 Å². The van der Waals surface area contributed by atoms with Gasteiger partial charge in [0, 0.05) is 19.0 Å². The zero-order valence-electron chi connectivity index (χ0n) is 20.6. The lowest BCUT2D eigenvalue weighted by Gasteiger charge is -2.36. The first kappa shape index (κ1) is 24.8. The van der Waals surface area contributed by atoms with Gasteiger partial charge < -0.3 is 20.1 Å². The number of likely N-dealkylation sites (N-methyl/N-ethyl adjacent to an activating group) is 1. The highest BCUT2D eigenvalue weighted by Crippen LogP contribution is 2.44. The van der Waals surface area contributed by atoms with Gasteiger partial charge in [0.15, 0.2) is 0 Å². The quantitative estimate of drug-likeness (QED) is 0.518. The molecule has 0 saturated heterocycles. The summed E-state index contributed by atoms with van der Waals surface area (Å²) >= 11 is 0. The molecule has 1 unspecified atom stereocenters. The van der Waals surface area contributed by atoms with E-state index in [0.717, 1.165) is 35.1 Å². The Labute approximate surface area is 206 Å². The van der Waals surface area contributed by atoms with Gasteiger partial charge in [-0.15, -0.1) is 0 Å². The van der Waals surface area contributed by atoms with E-state index in [0.29, 0.717) is 12.3 Å². The number of amides is 2. The van der Waals surface area contributed by atoms with Gasteiger partial charge in [-0.1, -0.05) is 61.4 Å². The SMILES string of the molecule is CCN(C(=O)C(CNC(=O)OCC1c2ccccc2-c2ccccc21)CC1CC1)C(C)(C)C(=O)O. The van der Waals surface area contributed by atoms with Crippen LogP contribution in [0, 0.1) is 11.8 Å². The van der Waals surface area contributed by atoms with E-state index in [2.05, 4.69) is 29.6 Å². The number of aliphatic carboxylic acids is 1. The fraction of sp³-hybridized carbons (Fsp3) is 0.464. The first-order valence-corrected chi connectivity index (χ1v) is 12.4. The highest BCUT2D eigenvalue weighted by Gasteiger charge is 2.41. The van der Waals surface area contributed by atoms with Crippen molar-refractivity contribution < 1.29 is 24.2 Å². The third-order valence-electron chi connectivity index (χ3n) is 7.28. The van der Waals surface area contributed by atoms with Gasteiger partial charge in [-0.3, -0.25) is 4.79 Å². The molecule has 0 heterocycles. The topological polar surface area (TPSA) is 95.9 Å². The molecule has 2 amide bonds. The van der Waals surface area contributed by atoms with Gasteiger partial charge in [0.25, 0.3) is 0 Å². The highest BCUT2D eigenvalue weighted by atomic mass is 16.5. The number of rotatable bonds is 10. The lowest BCUT2D eigenvalue weighted by molar-refractivity contribution is -0.158. The average Bonchev–Trinajstić information content (AvgIpc) is 3.61. The van der Waals surface area contributed by atoms with Crippen molar-refractivity contribution in [3.63, 3.8) is 0 Å². The summed E-state index contributed by atoms with van der Waals surface area (Å²) in [6.07, 6.45) is 2.18. The summed E-state index contributed by atoms with van der Waals surface area (Å²) in [4.78, 5) is 39.1. The molecule has 2 aliphatic rings. The number of carboxylic acids is 1. The van der Waals surface area contributed by atoms with Crippen LogP contribution in [-0.2, 0) is 14.3 Å². The average molecular weight is 479 g/mol. The molecule has 0 aliphatic heterocycles. The predicted molar refractivity (Wildman–Crippen MR) is 133 cm³/mol. The summed E-state index contributed by atoms with van der Waals surface area (Å²) in [5.74, 6) is -1.38. The number of nitrogens with one attached hydrogen (secondary N) is 1. The molecule has 4 rings (SSSR count). The first-order valence-electron chi connectivity index (χ1n) is 12.4. The maximum Gasteiger partial charge on any atom is 0.407 e. The number of nitrogens with zero attached hydrogens (tertiary/aromatic N) is 1. The summed E-state index contributed by atoms with van der Waals surface area (Å²) in [6, 6.07) is 16.3. The van der Waals surface area contributed by atoms with Crippen LogP contribution in [0.2, 0.25) is 0 Å². The van der Waals surface area contributed by atoms with Crippen LogP contribution in [0.1, 0.15) is 57.1 Å². The Bertz CT molecular complexity index is 1060. The summed E-state index contributed by atoms with van der Waals surface area (Å²) in [5.41, 5.74) is 3.27. The highest BCUT2D eigenvalue weighted by molar-refractivity contribution is 5.88. The van der Waals surface area contributed by atoms with Gasteiger partial charge >= 0.3 is 12.1 Å². The van der Waals surface area contributed by atoms with Gasteiger partial charge in [0.05, 0.1) is 5.92 Å². The van der Waals surface area contributed by atoms with Gasteiger partial charge in [0.2, 0.25) is 5.91 Å². The number of alkyl carbamates (subject to hydrolysis) is 1. The second kappa shape index (κ2) is 10.1. The summed E-state index contributed by atoms with van der Waals surface area (Å²) in [6.45, 7) is 5.44. The normalized spacial score (nSPS) is 15.6. The van der Waals surface area contributed by atoms with E-state index in [4.69, 9.17) is 4.74 Å². The lowest BCUT2D eigenvalue weighted by Crippen LogP contribution is -2.55. The monoisotopic (exact) mass is 478 g/mol. The van der Waals surface area contributed by atoms with Gasteiger partial charge in [0.1, 0.15) is 12.1 Å². The second-order valence-electron chi connectivity index (χ2n) is 10.0. The van der Waals surface area contributed by atoms with Crippen LogP contribution in [0.4, 0.5) is 4.79 Å². The second-order valence-corrected chi connectivity index (χ2v) is 10.0. The van der Waals surface area contributed by atoms with E-state index in [9.17, 15) is 19.5 Å². The molecule has 35 heavy (non-hydrogen) atoms. The Kier molecular flexibility index (Phi) is 7.15. The number of ether oxygens (including phenoxy) is 1. The van der Waals surface area contributed by atoms with Crippen molar-refractivity contribution in [3.05, 3.63) is 59.7 Å².